The van der Waals surface area contributed by atoms with E-state index in [4.69, 9.17) is 0 Å². The van der Waals surface area contributed by atoms with Gasteiger partial charge in [0.15, 0.2) is 0 Å². The first-order valence-electron chi connectivity index (χ1n) is 8.39. The zero-order valence-electron chi connectivity index (χ0n) is 13.3. The van der Waals surface area contributed by atoms with Crippen molar-refractivity contribution in [2.75, 3.05) is 19.6 Å². The Kier molecular flexibility index (Phi) is 4.05. The highest BCUT2D eigenvalue weighted by atomic mass is 15.2. The highest BCUT2D eigenvalue weighted by Crippen LogP contribution is 2.43. The number of allylic oxidation sites excluding steroid dienone is 3. The van der Waals surface area contributed by atoms with Crippen LogP contribution in [0.1, 0.15) is 40.0 Å². The minimum absolute atomic E-state index is 0.232. The summed E-state index contributed by atoms with van der Waals surface area (Å²) in [6.07, 6.45) is 13.6. The molecule has 0 bridgehead atoms. The Morgan fingerprint density at radius 2 is 1.70 bits per heavy atom. The van der Waals surface area contributed by atoms with Crippen molar-refractivity contribution in [3.05, 3.63) is 24.3 Å². The molecular weight excluding hydrogens is 244 g/mol. The monoisotopic (exact) mass is 274 g/mol. The van der Waals surface area contributed by atoms with Gasteiger partial charge in [-0.3, -0.25) is 4.90 Å². The van der Waals surface area contributed by atoms with Crippen LogP contribution in [0.5, 0.6) is 0 Å². The average Bonchev–Trinajstić information content (AvgIpc) is 3.03. The van der Waals surface area contributed by atoms with Crippen molar-refractivity contribution < 1.29 is 0 Å². The summed E-state index contributed by atoms with van der Waals surface area (Å²) in [6.45, 7) is 10.6. The zero-order chi connectivity index (χ0) is 14.2. The first-order valence-corrected chi connectivity index (χ1v) is 8.39. The molecule has 3 rings (SSSR count). The van der Waals surface area contributed by atoms with E-state index in [1.165, 1.54) is 32.4 Å². The van der Waals surface area contributed by atoms with Gasteiger partial charge >= 0.3 is 0 Å². The third kappa shape index (κ3) is 3.01. The van der Waals surface area contributed by atoms with Crippen LogP contribution in [0.3, 0.4) is 0 Å². The number of nitrogens with one attached hydrogen (secondary N) is 1. The van der Waals surface area contributed by atoms with E-state index in [1.807, 2.05) is 0 Å². The molecule has 0 radical (unpaired) electrons. The number of nitrogens with zero attached hydrogens (tertiary/aromatic N) is 1. The maximum atomic E-state index is 3.73. The van der Waals surface area contributed by atoms with Crippen molar-refractivity contribution in [2.45, 2.75) is 51.6 Å². The number of hydrogen-bond acceptors (Lipinski definition) is 2. The largest absolute Gasteiger partial charge is 0.312 e. The highest BCUT2D eigenvalue weighted by Gasteiger charge is 2.44. The molecule has 3 aliphatic rings. The molecule has 1 heterocycles. The third-order valence-electron chi connectivity index (χ3n) is 5.26. The Hall–Kier alpha value is -0.600. The first kappa shape index (κ1) is 14.3. The summed E-state index contributed by atoms with van der Waals surface area (Å²) in [5.41, 5.74) is 0.232. The SMILES string of the molecule is CC(C)(C)NCC1CC(N2CCCC2)C2C=CC=CC12. The van der Waals surface area contributed by atoms with Crippen LogP contribution in [0.15, 0.2) is 24.3 Å². The maximum Gasteiger partial charge on any atom is 0.0167 e. The number of rotatable bonds is 3. The summed E-state index contributed by atoms with van der Waals surface area (Å²) < 4.78 is 0. The van der Waals surface area contributed by atoms with E-state index in [1.54, 1.807) is 0 Å². The fourth-order valence-electron chi connectivity index (χ4n) is 4.24. The smallest absolute Gasteiger partial charge is 0.0167 e. The highest BCUT2D eigenvalue weighted by molar-refractivity contribution is 5.21. The number of likely N-dealkylation sites (tertiary alicyclic amines) is 1. The van der Waals surface area contributed by atoms with Crippen molar-refractivity contribution in [3.63, 3.8) is 0 Å². The molecule has 0 aromatic carbocycles. The molecule has 112 valence electrons. The van der Waals surface area contributed by atoms with Crippen LogP contribution in [0.2, 0.25) is 0 Å². The molecule has 2 nitrogen and oxygen atoms in total. The van der Waals surface area contributed by atoms with Crippen LogP contribution < -0.4 is 5.32 Å². The van der Waals surface area contributed by atoms with Crippen LogP contribution in [-0.4, -0.2) is 36.1 Å². The summed E-state index contributed by atoms with van der Waals surface area (Å²) in [7, 11) is 0. The molecule has 0 amide bonds. The van der Waals surface area contributed by atoms with Gasteiger partial charge in [0.1, 0.15) is 0 Å². The average molecular weight is 274 g/mol. The van der Waals surface area contributed by atoms with Crippen LogP contribution in [0.4, 0.5) is 0 Å². The molecular formula is C18H30N2. The molecule has 2 aliphatic carbocycles. The summed E-state index contributed by atoms with van der Waals surface area (Å²) in [5, 5.41) is 3.73. The molecule has 4 unspecified atom stereocenters. The lowest BCUT2D eigenvalue weighted by atomic mass is 9.85. The number of hydrogen-bond donors (Lipinski definition) is 1. The van der Waals surface area contributed by atoms with E-state index in [-0.39, 0.29) is 5.54 Å². The van der Waals surface area contributed by atoms with Crippen molar-refractivity contribution in [1.29, 1.82) is 0 Å². The van der Waals surface area contributed by atoms with Gasteiger partial charge in [-0.1, -0.05) is 24.3 Å². The van der Waals surface area contributed by atoms with Gasteiger partial charge in [0.2, 0.25) is 0 Å². The predicted molar refractivity (Wildman–Crippen MR) is 85.7 cm³/mol. The van der Waals surface area contributed by atoms with Gasteiger partial charge < -0.3 is 5.32 Å². The first-order chi connectivity index (χ1) is 9.54. The predicted octanol–water partition coefficient (Wildman–Crippen LogP) is 3.22. The van der Waals surface area contributed by atoms with Gasteiger partial charge in [-0.05, 0) is 77.4 Å². The van der Waals surface area contributed by atoms with E-state index >= 15 is 0 Å². The van der Waals surface area contributed by atoms with E-state index in [0.717, 1.165) is 30.3 Å². The number of fused-ring (bicyclic) bond motifs is 1. The third-order valence-corrected chi connectivity index (χ3v) is 5.26. The van der Waals surface area contributed by atoms with E-state index < -0.39 is 0 Å². The molecule has 1 saturated heterocycles. The molecule has 0 spiro atoms. The molecule has 1 saturated carbocycles. The van der Waals surface area contributed by atoms with Crippen molar-refractivity contribution in [2.24, 2.45) is 17.8 Å². The van der Waals surface area contributed by atoms with Crippen molar-refractivity contribution in [3.8, 4) is 0 Å². The molecule has 2 heteroatoms. The van der Waals surface area contributed by atoms with Gasteiger partial charge in [0.05, 0.1) is 0 Å². The van der Waals surface area contributed by atoms with E-state index in [2.05, 4.69) is 55.3 Å². The van der Waals surface area contributed by atoms with Gasteiger partial charge in [-0.2, -0.15) is 0 Å². The molecule has 2 fully saturated rings. The Morgan fingerprint density at radius 3 is 2.35 bits per heavy atom. The quantitative estimate of drug-likeness (QED) is 0.850. The summed E-state index contributed by atoms with van der Waals surface area (Å²) in [6, 6.07) is 0.787. The molecule has 0 aromatic rings. The summed E-state index contributed by atoms with van der Waals surface area (Å²) in [5.74, 6) is 2.30. The maximum absolute atomic E-state index is 3.73. The lowest BCUT2D eigenvalue weighted by Crippen LogP contribution is -2.40. The summed E-state index contributed by atoms with van der Waals surface area (Å²) >= 11 is 0. The fraction of sp³-hybridized carbons (Fsp3) is 0.778. The molecule has 20 heavy (non-hydrogen) atoms. The van der Waals surface area contributed by atoms with Crippen molar-refractivity contribution >= 4 is 0 Å². The minimum Gasteiger partial charge on any atom is -0.312 e. The van der Waals surface area contributed by atoms with Crippen LogP contribution in [0, 0.1) is 17.8 Å². The molecule has 4 atom stereocenters. The Bertz CT molecular complexity index is 385. The second kappa shape index (κ2) is 5.65. The Morgan fingerprint density at radius 1 is 1.05 bits per heavy atom. The zero-order valence-corrected chi connectivity index (χ0v) is 13.3. The van der Waals surface area contributed by atoms with Crippen LogP contribution in [0.25, 0.3) is 0 Å². The van der Waals surface area contributed by atoms with Crippen LogP contribution >= 0.6 is 0 Å². The summed E-state index contributed by atoms with van der Waals surface area (Å²) in [4.78, 5) is 2.76. The molecule has 1 aliphatic heterocycles. The Balaban J connectivity index is 1.69. The lowest BCUT2D eigenvalue weighted by Gasteiger charge is -2.30. The fourth-order valence-corrected chi connectivity index (χ4v) is 4.24. The van der Waals surface area contributed by atoms with E-state index in [0.29, 0.717) is 0 Å². The van der Waals surface area contributed by atoms with Gasteiger partial charge in [-0.25, -0.2) is 0 Å². The van der Waals surface area contributed by atoms with Gasteiger partial charge in [0.25, 0.3) is 0 Å². The lowest BCUT2D eigenvalue weighted by molar-refractivity contribution is 0.209. The minimum atomic E-state index is 0.232. The van der Waals surface area contributed by atoms with Gasteiger partial charge in [-0.15, -0.1) is 0 Å². The second-order valence-electron chi connectivity index (χ2n) is 7.86. The molecule has 0 aromatic heterocycles. The normalized spacial score (nSPS) is 37.5. The van der Waals surface area contributed by atoms with Crippen LogP contribution in [-0.2, 0) is 0 Å². The van der Waals surface area contributed by atoms with Gasteiger partial charge in [0, 0.05) is 11.6 Å². The topological polar surface area (TPSA) is 15.3 Å². The van der Waals surface area contributed by atoms with E-state index in [9.17, 15) is 0 Å². The molecule has 1 N–H and O–H groups in total. The van der Waals surface area contributed by atoms with Crippen molar-refractivity contribution in [1.82, 2.24) is 10.2 Å². The standard InChI is InChI=1S/C18H30N2/c1-18(2,3)19-13-14-12-17(20-10-6-7-11-20)16-9-5-4-8-15(14)16/h4-5,8-9,14-17,19H,6-7,10-13H2,1-3H3. The second-order valence-corrected chi connectivity index (χ2v) is 7.86. The Labute approximate surface area is 124 Å².